The molecule has 0 heterocycles. The molecule has 0 amide bonds. The molecule has 1 N–H and O–H groups in total. The van der Waals surface area contributed by atoms with Crippen molar-refractivity contribution in [2.75, 3.05) is 26.9 Å². The van der Waals surface area contributed by atoms with Gasteiger partial charge in [0.1, 0.15) is 0 Å². The van der Waals surface area contributed by atoms with Crippen LogP contribution in [0.25, 0.3) is 0 Å². The van der Waals surface area contributed by atoms with Crippen molar-refractivity contribution in [1.82, 2.24) is 5.32 Å². The van der Waals surface area contributed by atoms with Gasteiger partial charge in [0, 0.05) is 12.6 Å². The van der Waals surface area contributed by atoms with E-state index in [0.29, 0.717) is 12.1 Å². The molecule has 0 aliphatic heterocycles. The average Bonchev–Trinajstić information content (AvgIpc) is 2.38. The highest BCUT2D eigenvalue weighted by Crippen LogP contribution is 2.28. The van der Waals surface area contributed by atoms with E-state index in [1.54, 1.807) is 0 Å². The van der Waals surface area contributed by atoms with Gasteiger partial charge in [0.15, 0.2) is 0 Å². The van der Waals surface area contributed by atoms with Crippen molar-refractivity contribution in [3.63, 3.8) is 0 Å². The number of rotatable bonds is 8. The fourth-order valence-corrected chi connectivity index (χ4v) is 2.60. The van der Waals surface area contributed by atoms with E-state index in [1.807, 2.05) is 7.05 Å². The molecule has 1 aliphatic carbocycles. The van der Waals surface area contributed by atoms with Crippen molar-refractivity contribution in [1.29, 1.82) is 0 Å². The average molecular weight is 243 g/mol. The molecule has 0 aromatic carbocycles. The zero-order valence-corrected chi connectivity index (χ0v) is 11.7. The molecule has 17 heavy (non-hydrogen) atoms. The summed E-state index contributed by atoms with van der Waals surface area (Å²) in [6.07, 6.45) is 6.53. The quantitative estimate of drug-likeness (QED) is 0.665. The van der Waals surface area contributed by atoms with E-state index >= 15 is 0 Å². The van der Waals surface area contributed by atoms with E-state index in [0.717, 1.165) is 32.2 Å². The Morgan fingerprint density at radius 1 is 1.12 bits per heavy atom. The van der Waals surface area contributed by atoms with Crippen molar-refractivity contribution >= 4 is 0 Å². The number of hydrogen-bond acceptors (Lipinski definition) is 3. The van der Waals surface area contributed by atoms with E-state index in [2.05, 4.69) is 19.2 Å². The fraction of sp³-hybridized carbons (Fsp3) is 1.00. The van der Waals surface area contributed by atoms with Gasteiger partial charge in [0.2, 0.25) is 0 Å². The molecular weight excluding hydrogens is 214 g/mol. The van der Waals surface area contributed by atoms with E-state index in [9.17, 15) is 0 Å². The highest BCUT2D eigenvalue weighted by Gasteiger charge is 2.29. The molecule has 1 aliphatic rings. The molecule has 0 saturated heterocycles. The monoisotopic (exact) mass is 243 g/mol. The Balaban J connectivity index is 2.21. The third kappa shape index (κ3) is 5.36. The Bertz CT molecular complexity index is 187. The second kappa shape index (κ2) is 8.90. The largest absolute Gasteiger partial charge is 0.379 e. The van der Waals surface area contributed by atoms with Crippen LogP contribution < -0.4 is 5.32 Å². The molecule has 3 heteroatoms. The highest BCUT2D eigenvalue weighted by molar-refractivity contribution is 4.84. The number of hydrogen-bond donors (Lipinski definition) is 1. The predicted molar refractivity (Wildman–Crippen MR) is 71.3 cm³/mol. The molecule has 1 fully saturated rings. The van der Waals surface area contributed by atoms with Crippen LogP contribution in [0.1, 0.15) is 46.0 Å². The summed E-state index contributed by atoms with van der Waals surface area (Å²) in [6, 6.07) is 0.531. The van der Waals surface area contributed by atoms with Crippen molar-refractivity contribution in [2.24, 2.45) is 5.92 Å². The Kier molecular flexibility index (Phi) is 7.82. The van der Waals surface area contributed by atoms with Crippen LogP contribution in [-0.2, 0) is 9.47 Å². The topological polar surface area (TPSA) is 30.5 Å². The molecule has 102 valence electrons. The molecule has 1 saturated carbocycles. The van der Waals surface area contributed by atoms with Crippen LogP contribution in [0.15, 0.2) is 0 Å². The smallest absolute Gasteiger partial charge is 0.0731 e. The molecular formula is C14H29NO2. The van der Waals surface area contributed by atoms with Crippen LogP contribution in [0.4, 0.5) is 0 Å². The minimum Gasteiger partial charge on any atom is -0.379 e. The van der Waals surface area contributed by atoms with Crippen LogP contribution in [0.2, 0.25) is 0 Å². The zero-order valence-electron chi connectivity index (χ0n) is 11.7. The van der Waals surface area contributed by atoms with Gasteiger partial charge in [0.25, 0.3) is 0 Å². The lowest BCUT2D eigenvalue weighted by atomic mass is 9.82. The molecule has 0 spiro atoms. The Morgan fingerprint density at radius 2 is 1.94 bits per heavy atom. The lowest BCUT2D eigenvalue weighted by molar-refractivity contribution is -0.0349. The van der Waals surface area contributed by atoms with E-state index in [1.165, 1.54) is 25.7 Å². The van der Waals surface area contributed by atoms with Gasteiger partial charge in [-0.3, -0.25) is 0 Å². The number of likely N-dealkylation sites (N-methyl/N-ethyl adjacent to an activating group) is 1. The number of nitrogens with one attached hydrogen (secondary N) is 1. The summed E-state index contributed by atoms with van der Waals surface area (Å²) in [7, 11) is 2.04. The molecule has 3 unspecified atom stereocenters. The van der Waals surface area contributed by atoms with Gasteiger partial charge in [-0.25, -0.2) is 0 Å². The van der Waals surface area contributed by atoms with Crippen molar-refractivity contribution < 1.29 is 9.47 Å². The zero-order chi connectivity index (χ0) is 12.5. The van der Waals surface area contributed by atoms with Gasteiger partial charge >= 0.3 is 0 Å². The molecule has 3 nitrogen and oxygen atoms in total. The van der Waals surface area contributed by atoms with Gasteiger partial charge < -0.3 is 14.8 Å². The van der Waals surface area contributed by atoms with E-state index < -0.39 is 0 Å². The summed E-state index contributed by atoms with van der Waals surface area (Å²) in [4.78, 5) is 0. The summed E-state index contributed by atoms with van der Waals surface area (Å²) in [5, 5.41) is 3.38. The molecule has 0 radical (unpaired) electrons. The third-order valence-corrected chi connectivity index (χ3v) is 3.76. The van der Waals surface area contributed by atoms with Crippen molar-refractivity contribution in [3.8, 4) is 0 Å². The standard InChI is InChI=1S/C14H29NO2/c1-4-8-16-9-10-17-14-11-12(5-2)6-7-13(14)15-3/h12-15H,4-11H2,1-3H3. The van der Waals surface area contributed by atoms with Crippen LogP contribution in [-0.4, -0.2) is 39.0 Å². The molecule has 0 aromatic heterocycles. The lowest BCUT2D eigenvalue weighted by Crippen LogP contribution is -2.44. The highest BCUT2D eigenvalue weighted by atomic mass is 16.5. The van der Waals surface area contributed by atoms with E-state index in [4.69, 9.17) is 9.47 Å². The van der Waals surface area contributed by atoms with Crippen LogP contribution in [0.5, 0.6) is 0 Å². The molecule has 0 bridgehead atoms. The second-order valence-electron chi connectivity index (χ2n) is 5.00. The van der Waals surface area contributed by atoms with Crippen molar-refractivity contribution in [3.05, 3.63) is 0 Å². The first-order valence-corrected chi connectivity index (χ1v) is 7.18. The summed E-state index contributed by atoms with van der Waals surface area (Å²) in [5.74, 6) is 0.848. The summed E-state index contributed by atoms with van der Waals surface area (Å²) < 4.78 is 11.4. The maximum Gasteiger partial charge on any atom is 0.0731 e. The minimum atomic E-state index is 0.379. The van der Waals surface area contributed by atoms with Crippen LogP contribution in [0.3, 0.4) is 0 Å². The van der Waals surface area contributed by atoms with Gasteiger partial charge in [-0.1, -0.05) is 20.3 Å². The van der Waals surface area contributed by atoms with Crippen LogP contribution >= 0.6 is 0 Å². The first-order chi connectivity index (χ1) is 8.31. The van der Waals surface area contributed by atoms with Gasteiger partial charge in [-0.15, -0.1) is 0 Å². The summed E-state index contributed by atoms with van der Waals surface area (Å²) >= 11 is 0. The second-order valence-corrected chi connectivity index (χ2v) is 5.00. The SMILES string of the molecule is CCCOCCOC1CC(CC)CCC1NC. The lowest BCUT2D eigenvalue weighted by Gasteiger charge is -2.35. The number of ether oxygens (including phenoxy) is 2. The normalized spacial score (nSPS) is 29.5. The fourth-order valence-electron chi connectivity index (χ4n) is 2.60. The first kappa shape index (κ1) is 14.9. The maximum atomic E-state index is 5.98. The Labute approximate surface area is 106 Å². The summed E-state index contributed by atoms with van der Waals surface area (Å²) in [5.41, 5.74) is 0. The molecule has 3 atom stereocenters. The summed E-state index contributed by atoms with van der Waals surface area (Å²) in [6.45, 7) is 6.73. The molecule has 1 rings (SSSR count). The van der Waals surface area contributed by atoms with Gasteiger partial charge in [0.05, 0.1) is 19.3 Å². The van der Waals surface area contributed by atoms with Crippen LogP contribution in [0, 0.1) is 5.92 Å². The minimum absolute atomic E-state index is 0.379. The van der Waals surface area contributed by atoms with E-state index in [-0.39, 0.29) is 0 Å². The first-order valence-electron chi connectivity index (χ1n) is 7.18. The van der Waals surface area contributed by atoms with Gasteiger partial charge in [-0.2, -0.15) is 0 Å². The maximum absolute atomic E-state index is 5.98. The Hall–Kier alpha value is -0.120. The van der Waals surface area contributed by atoms with Gasteiger partial charge in [-0.05, 0) is 38.6 Å². The molecule has 0 aromatic rings. The van der Waals surface area contributed by atoms with Crippen molar-refractivity contribution in [2.45, 2.75) is 58.1 Å². The Morgan fingerprint density at radius 3 is 2.59 bits per heavy atom. The predicted octanol–water partition coefficient (Wildman–Crippen LogP) is 2.60. The third-order valence-electron chi connectivity index (χ3n) is 3.76.